The van der Waals surface area contributed by atoms with Gasteiger partial charge in [-0.25, -0.2) is 4.79 Å². The molecule has 96 valence electrons. The van der Waals surface area contributed by atoms with Gasteiger partial charge in [0.1, 0.15) is 6.04 Å². The van der Waals surface area contributed by atoms with Gasteiger partial charge < -0.3 is 14.7 Å². The molecule has 2 rings (SSSR count). The van der Waals surface area contributed by atoms with Crippen LogP contribution in [0.4, 0.5) is 0 Å². The predicted molar refractivity (Wildman–Crippen MR) is 60.5 cm³/mol. The summed E-state index contributed by atoms with van der Waals surface area (Å²) in [5.74, 6) is -0.962. The number of amides is 1. The van der Waals surface area contributed by atoms with Crippen molar-refractivity contribution in [3.8, 4) is 0 Å². The summed E-state index contributed by atoms with van der Waals surface area (Å²) in [5.41, 5.74) is 0. The first-order chi connectivity index (χ1) is 8.11. The minimum absolute atomic E-state index is 0.0331. The smallest absolute Gasteiger partial charge is 0.326 e. The number of nitrogens with zero attached hydrogens (tertiary/aromatic N) is 1. The van der Waals surface area contributed by atoms with Gasteiger partial charge in [-0.1, -0.05) is 0 Å². The van der Waals surface area contributed by atoms with E-state index in [4.69, 9.17) is 4.74 Å². The number of carbonyl (C=O) groups is 2. The summed E-state index contributed by atoms with van der Waals surface area (Å²) in [6, 6.07) is -0.514. The molecule has 0 radical (unpaired) electrons. The Morgan fingerprint density at radius 2 is 1.82 bits per heavy atom. The van der Waals surface area contributed by atoms with E-state index in [0.717, 1.165) is 25.7 Å². The molecule has 1 aliphatic heterocycles. The van der Waals surface area contributed by atoms with Crippen LogP contribution in [0, 0.1) is 5.92 Å². The Bertz CT molecular complexity index is 308. The molecule has 1 N–H and O–H groups in total. The molecule has 1 saturated heterocycles. The van der Waals surface area contributed by atoms with Gasteiger partial charge in [0.25, 0.3) is 0 Å². The Morgan fingerprint density at radius 1 is 1.24 bits per heavy atom. The van der Waals surface area contributed by atoms with Gasteiger partial charge in [-0.15, -0.1) is 0 Å². The zero-order valence-corrected chi connectivity index (χ0v) is 10.1. The number of carbonyl (C=O) groups excluding carboxylic acids is 1. The second-order valence-electron chi connectivity index (χ2n) is 4.89. The van der Waals surface area contributed by atoms with E-state index in [9.17, 15) is 14.7 Å². The lowest BCUT2D eigenvalue weighted by Gasteiger charge is -2.35. The van der Waals surface area contributed by atoms with Crippen LogP contribution < -0.4 is 0 Å². The number of carboxylic acid groups (broad SMARTS) is 1. The van der Waals surface area contributed by atoms with Crippen molar-refractivity contribution >= 4 is 11.9 Å². The molecule has 1 unspecified atom stereocenters. The first-order valence-corrected chi connectivity index (χ1v) is 6.20. The first-order valence-electron chi connectivity index (χ1n) is 6.20. The zero-order valence-electron chi connectivity index (χ0n) is 10.1. The number of ether oxygens (including phenoxy) is 1. The molecule has 0 aromatic carbocycles. The third-order valence-corrected chi connectivity index (χ3v) is 3.57. The zero-order chi connectivity index (χ0) is 12.4. The lowest BCUT2D eigenvalue weighted by Crippen LogP contribution is -2.51. The highest BCUT2D eigenvalue weighted by atomic mass is 16.5. The number of rotatable bonds is 4. The highest BCUT2D eigenvalue weighted by molar-refractivity contribution is 5.83. The van der Waals surface area contributed by atoms with Crippen molar-refractivity contribution in [1.82, 2.24) is 4.90 Å². The van der Waals surface area contributed by atoms with Crippen molar-refractivity contribution in [2.45, 2.75) is 44.7 Å². The Hall–Kier alpha value is -1.10. The van der Waals surface area contributed by atoms with Gasteiger partial charge in [0.05, 0.1) is 0 Å². The Balaban J connectivity index is 2.13. The molecule has 0 bridgehead atoms. The van der Waals surface area contributed by atoms with Gasteiger partial charge in [-0.3, -0.25) is 4.79 Å². The van der Waals surface area contributed by atoms with E-state index in [1.165, 1.54) is 6.92 Å². The Kier molecular flexibility index (Phi) is 3.66. The molecule has 1 aliphatic carbocycles. The monoisotopic (exact) mass is 241 g/mol. The van der Waals surface area contributed by atoms with E-state index in [0.29, 0.717) is 13.2 Å². The van der Waals surface area contributed by atoms with Crippen LogP contribution in [0.5, 0.6) is 0 Å². The summed E-state index contributed by atoms with van der Waals surface area (Å²) < 4.78 is 5.25. The van der Waals surface area contributed by atoms with Crippen molar-refractivity contribution in [2.75, 3.05) is 13.2 Å². The molecule has 1 saturated carbocycles. The standard InChI is InChI=1S/C12H19NO4/c1-8(14)13(10-2-3-10)11(12(15)16)9-4-6-17-7-5-9/h9-11H,2-7H2,1H3,(H,15,16). The maximum absolute atomic E-state index is 11.6. The minimum Gasteiger partial charge on any atom is -0.480 e. The van der Waals surface area contributed by atoms with Crippen LogP contribution in [-0.4, -0.2) is 47.2 Å². The highest BCUT2D eigenvalue weighted by Gasteiger charge is 2.43. The number of aliphatic carboxylic acids is 1. The molecule has 0 spiro atoms. The topological polar surface area (TPSA) is 66.8 Å². The summed E-state index contributed by atoms with van der Waals surface area (Å²) >= 11 is 0. The fourth-order valence-corrected chi connectivity index (χ4v) is 2.61. The van der Waals surface area contributed by atoms with E-state index in [1.54, 1.807) is 4.90 Å². The second-order valence-corrected chi connectivity index (χ2v) is 4.89. The third-order valence-electron chi connectivity index (χ3n) is 3.57. The minimum atomic E-state index is -0.876. The SMILES string of the molecule is CC(=O)N(C1CC1)C(C(=O)O)C1CCOCC1. The van der Waals surface area contributed by atoms with Gasteiger partial charge in [0.15, 0.2) is 0 Å². The molecule has 2 aliphatic rings. The number of carboxylic acids is 1. The maximum Gasteiger partial charge on any atom is 0.326 e. The van der Waals surface area contributed by atoms with E-state index in [-0.39, 0.29) is 17.9 Å². The Morgan fingerprint density at radius 3 is 2.24 bits per heavy atom. The van der Waals surface area contributed by atoms with Gasteiger partial charge >= 0.3 is 5.97 Å². The van der Waals surface area contributed by atoms with Crippen molar-refractivity contribution in [3.63, 3.8) is 0 Å². The molecule has 2 fully saturated rings. The maximum atomic E-state index is 11.6. The molecule has 1 heterocycles. The van der Waals surface area contributed by atoms with Gasteiger partial charge in [-0.2, -0.15) is 0 Å². The van der Waals surface area contributed by atoms with E-state index >= 15 is 0 Å². The van der Waals surface area contributed by atoms with Crippen LogP contribution in [0.2, 0.25) is 0 Å². The lowest BCUT2D eigenvalue weighted by molar-refractivity contribution is -0.154. The third kappa shape index (κ3) is 2.77. The number of hydrogen-bond acceptors (Lipinski definition) is 3. The molecular formula is C12H19NO4. The van der Waals surface area contributed by atoms with Crippen molar-refractivity contribution in [3.05, 3.63) is 0 Å². The first kappa shape index (κ1) is 12.4. The summed E-state index contributed by atoms with van der Waals surface area (Å²) in [7, 11) is 0. The van der Waals surface area contributed by atoms with Gasteiger partial charge in [0, 0.05) is 26.2 Å². The molecule has 1 amide bonds. The van der Waals surface area contributed by atoms with Crippen LogP contribution >= 0.6 is 0 Å². The summed E-state index contributed by atoms with van der Waals surface area (Å²) in [6.07, 6.45) is 3.33. The van der Waals surface area contributed by atoms with Crippen LogP contribution in [0.1, 0.15) is 32.6 Å². The summed E-state index contributed by atoms with van der Waals surface area (Å²) in [6.45, 7) is 2.67. The van der Waals surface area contributed by atoms with E-state index in [1.807, 2.05) is 0 Å². The lowest BCUT2D eigenvalue weighted by atomic mass is 9.90. The molecule has 0 aromatic heterocycles. The molecule has 17 heavy (non-hydrogen) atoms. The molecule has 1 atom stereocenters. The fourth-order valence-electron chi connectivity index (χ4n) is 2.61. The molecular weight excluding hydrogens is 222 g/mol. The average Bonchev–Trinajstić information content (AvgIpc) is 3.09. The molecule has 5 heteroatoms. The summed E-state index contributed by atoms with van der Waals surface area (Å²) in [5, 5.41) is 9.39. The largest absolute Gasteiger partial charge is 0.480 e. The highest BCUT2D eigenvalue weighted by Crippen LogP contribution is 2.33. The Labute approximate surface area is 101 Å². The van der Waals surface area contributed by atoms with Gasteiger partial charge in [-0.05, 0) is 31.6 Å². The van der Waals surface area contributed by atoms with Crippen molar-refractivity contribution < 1.29 is 19.4 Å². The molecule has 0 aromatic rings. The van der Waals surface area contributed by atoms with Crippen LogP contribution in [0.15, 0.2) is 0 Å². The van der Waals surface area contributed by atoms with Gasteiger partial charge in [0.2, 0.25) is 5.91 Å². The summed E-state index contributed by atoms with van der Waals surface area (Å²) in [4.78, 5) is 24.7. The predicted octanol–water partition coefficient (Wildman–Crippen LogP) is 0.877. The van der Waals surface area contributed by atoms with E-state index in [2.05, 4.69) is 0 Å². The average molecular weight is 241 g/mol. The second kappa shape index (κ2) is 5.04. The normalized spacial score (nSPS) is 23.1. The number of hydrogen-bond donors (Lipinski definition) is 1. The fraction of sp³-hybridized carbons (Fsp3) is 0.833. The van der Waals surface area contributed by atoms with Crippen molar-refractivity contribution in [1.29, 1.82) is 0 Å². The van der Waals surface area contributed by atoms with E-state index < -0.39 is 12.0 Å². The van der Waals surface area contributed by atoms with Crippen LogP contribution in [-0.2, 0) is 14.3 Å². The quantitative estimate of drug-likeness (QED) is 0.793. The van der Waals surface area contributed by atoms with Crippen molar-refractivity contribution in [2.24, 2.45) is 5.92 Å². The van der Waals surface area contributed by atoms with Crippen LogP contribution in [0.25, 0.3) is 0 Å². The van der Waals surface area contributed by atoms with Crippen LogP contribution in [0.3, 0.4) is 0 Å². The molecule has 5 nitrogen and oxygen atoms in total.